The minimum atomic E-state index is -0.520. The van der Waals surface area contributed by atoms with Crippen LogP contribution in [0.2, 0.25) is 0 Å². The van der Waals surface area contributed by atoms with Crippen molar-refractivity contribution in [3.8, 4) is 0 Å². The van der Waals surface area contributed by atoms with Gasteiger partial charge in [-0.3, -0.25) is 9.59 Å². The molecule has 8 heteroatoms. The van der Waals surface area contributed by atoms with Crippen LogP contribution in [0.4, 0.5) is 5.69 Å². The summed E-state index contributed by atoms with van der Waals surface area (Å²) in [5.41, 5.74) is 1.49. The summed E-state index contributed by atoms with van der Waals surface area (Å²) in [7, 11) is 0. The van der Waals surface area contributed by atoms with Gasteiger partial charge >= 0.3 is 0 Å². The molecule has 2 aromatic heterocycles. The van der Waals surface area contributed by atoms with Crippen molar-refractivity contribution >= 4 is 28.8 Å². The molecule has 0 fully saturated rings. The fourth-order valence-corrected chi connectivity index (χ4v) is 3.64. The zero-order chi connectivity index (χ0) is 17.9. The molecule has 7 nitrogen and oxygen atoms in total. The molecule has 0 saturated carbocycles. The zero-order valence-corrected chi connectivity index (χ0v) is 14.6. The number of carbonyl (C=O) groups is 2. The maximum Gasteiger partial charge on any atom is 0.246 e. The molecule has 2 amide bonds. The molecule has 1 aliphatic heterocycles. The van der Waals surface area contributed by atoms with Crippen molar-refractivity contribution in [2.45, 2.75) is 25.3 Å². The van der Waals surface area contributed by atoms with Gasteiger partial charge in [0, 0.05) is 23.4 Å². The molecule has 0 radical (unpaired) electrons. The van der Waals surface area contributed by atoms with E-state index in [0.29, 0.717) is 23.8 Å². The highest BCUT2D eigenvalue weighted by Crippen LogP contribution is 2.32. The predicted octanol–water partition coefficient (Wildman–Crippen LogP) is 2.46. The van der Waals surface area contributed by atoms with E-state index in [-0.39, 0.29) is 24.8 Å². The Bertz CT molecular complexity index is 936. The highest BCUT2D eigenvalue weighted by Gasteiger charge is 2.30. The van der Waals surface area contributed by atoms with E-state index in [1.165, 1.54) is 0 Å². The standard InChI is InChI=1S/C18H16N4O3S/c23-16-9-13(12-5-1-2-6-14(12)20-16)18(24)19-10-17-21-15(22-25-17)8-11-4-3-7-26-11/h1-7,13H,8-10H2,(H,19,24)(H,20,23). The third kappa shape index (κ3) is 3.50. The first-order valence-corrected chi connectivity index (χ1v) is 9.07. The summed E-state index contributed by atoms with van der Waals surface area (Å²) in [6, 6.07) is 11.3. The molecular formula is C18H16N4O3S. The number of hydrogen-bond donors (Lipinski definition) is 2. The molecule has 132 valence electrons. The smallest absolute Gasteiger partial charge is 0.246 e. The summed E-state index contributed by atoms with van der Waals surface area (Å²) >= 11 is 1.63. The first-order valence-electron chi connectivity index (χ1n) is 8.19. The van der Waals surface area contributed by atoms with E-state index in [9.17, 15) is 9.59 Å². The van der Waals surface area contributed by atoms with Crippen molar-refractivity contribution in [3.63, 3.8) is 0 Å². The van der Waals surface area contributed by atoms with E-state index in [1.54, 1.807) is 17.4 Å². The summed E-state index contributed by atoms with van der Waals surface area (Å²) < 4.78 is 5.19. The highest BCUT2D eigenvalue weighted by molar-refractivity contribution is 7.09. The van der Waals surface area contributed by atoms with Crippen LogP contribution < -0.4 is 10.6 Å². The zero-order valence-electron chi connectivity index (χ0n) is 13.8. The number of para-hydroxylation sites is 1. The van der Waals surface area contributed by atoms with E-state index < -0.39 is 5.92 Å². The summed E-state index contributed by atoms with van der Waals surface area (Å²) in [6.07, 6.45) is 0.724. The van der Waals surface area contributed by atoms with E-state index in [1.807, 2.05) is 35.7 Å². The number of benzene rings is 1. The highest BCUT2D eigenvalue weighted by atomic mass is 32.1. The number of thiophene rings is 1. The molecule has 1 atom stereocenters. The van der Waals surface area contributed by atoms with Gasteiger partial charge in [0.15, 0.2) is 5.82 Å². The summed E-state index contributed by atoms with van der Waals surface area (Å²) in [5, 5.41) is 11.5. The fraction of sp³-hybridized carbons (Fsp3) is 0.222. The molecule has 1 aromatic carbocycles. The van der Waals surface area contributed by atoms with Crippen molar-refractivity contribution in [3.05, 3.63) is 63.9 Å². The van der Waals surface area contributed by atoms with Gasteiger partial charge in [-0.15, -0.1) is 11.3 Å². The lowest BCUT2D eigenvalue weighted by atomic mass is 9.90. The molecule has 26 heavy (non-hydrogen) atoms. The molecule has 1 aliphatic rings. The molecule has 1 unspecified atom stereocenters. The first-order chi connectivity index (χ1) is 12.7. The summed E-state index contributed by atoms with van der Waals surface area (Å²) in [4.78, 5) is 29.8. The van der Waals surface area contributed by atoms with Crippen LogP contribution in [0, 0.1) is 0 Å². The lowest BCUT2D eigenvalue weighted by molar-refractivity contribution is -0.126. The number of hydrogen-bond acceptors (Lipinski definition) is 6. The van der Waals surface area contributed by atoms with Crippen molar-refractivity contribution in [2.24, 2.45) is 0 Å². The first kappa shape index (κ1) is 16.5. The van der Waals surface area contributed by atoms with Crippen LogP contribution >= 0.6 is 11.3 Å². The largest absolute Gasteiger partial charge is 0.346 e. The van der Waals surface area contributed by atoms with Gasteiger partial charge in [-0.05, 0) is 23.1 Å². The summed E-state index contributed by atoms with van der Waals surface area (Å²) in [5.74, 6) is 0.0104. The van der Waals surface area contributed by atoms with Gasteiger partial charge in [-0.2, -0.15) is 4.98 Å². The minimum absolute atomic E-state index is 0.121. The Kier molecular flexibility index (Phi) is 4.49. The second kappa shape index (κ2) is 7.09. The summed E-state index contributed by atoms with van der Waals surface area (Å²) in [6.45, 7) is 0.135. The van der Waals surface area contributed by atoms with Gasteiger partial charge in [-0.25, -0.2) is 0 Å². The van der Waals surface area contributed by atoms with Crippen molar-refractivity contribution in [1.82, 2.24) is 15.5 Å². The van der Waals surface area contributed by atoms with Crippen molar-refractivity contribution in [2.75, 3.05) is 5.32 Å². The van der Waals surface area contributed by atoms with Gasteiger partial charge in [0.2, 0.25) is 17.7 Å². The van der Waals surface area contributed by atoms with Crippen molar-refractivity contribution < 1.29 is 14.1 Å². The number of nitrogens with zero attached hydrogens (tertiary/aromatic N) is 2. The second-order valence-corrected chi connectivity index (χ2v) is 7.00. The number of carbonyl (C=O) groups excluding carboxylic acids is 2. The Morgan fingerprint density at radius 3 is 3.04 bits per heavy atom. The lowest BCUT2D eigenvalue weighted by Gasteiger charge is -2.24. The molecule has 3 aromatic rings. The Hall–Kier alpha value is -3.00. The number of rotatable bonds is 5. The predicted molar refractivity (Wildman–Crippen MR) is 95.7 cm³/mol. The average molecular weight is 368 g/mol. The van der Waals surface area contributed by atoms with E-state index in [0.717, 1.165) is 10.4 Å². The molecule has 3 heterocycles. The van der Waals surface area contributed by atoms with Gasteiger partial charge < -0.3 is 15.2 Å². The Morgan fingerprint density at radius 1 is 1.31 bits per heavy atom. The number of anilines is 1. The van der Waals surface area contributed by atoms with Crippen LogP contribution in [-0.2, 0) is 22.6 Å². The van der Waals surface area contributed by atoms with Crippen LogP contribution in [0.15, 0.2) is 46.3 Å². The average Bonchev–Trinajstić information content (AvgIpc) is 3.31. The third-order valence-electron chi connectivity index (χ3n) is 4.15. The quantitative estimate of drug-likeness (QED) is 0.721. The monoisotopic (exact) mass is 368 g/mol. The lowest BCUT2D eigenvalue weighted by Crippen LogP contribution is -2.34. The molecule has 0 spiro atoms. The van der Waals surface area contributed by atoms with Gasteiger partial charge in [0.1, 0.15) is 0 Å². The van der Waals surface area contributed by atoms with Gasteiger partial charge in [0.25, 0.3) is 0 Å². The SMILES string of the molecule is O=C1CC(C(=O)NCc2nc(Cc3cccs3)no2)c2ccccc2N1. The van der Waals surface area contributed by atoms with E-state index >= 15 is 0 Å². The maximum absolute atomic E-state index is 12.6. The Morgan fingerprint density at radius 2 is 2.19 bits per heavy atom. The molecule has 4 rings (SSSR count). The molecule has 0 aliphatic carbocycles. The topological polar surface area (TPSA) is 97.1 Å². The molecule has 0 bridgehead atoms. The van der Waals surface area contributed by atoms with E-state index in [4.69, 9.17) is 4.52 Å². The van der Waals surface area contributed by atoms with Gasteiger partial charge in [0.05, 0.1) is 12.5 Å². The van der Waals surface area contributed by atoms with Crippen molar-refractivity contribution in [1.29, 1.82) is 0 Å². The van der Waals surface area contributed by atoms with Crippen LogP contribution in [0.25, 0.3) is 0 Å². The maximum atomic E-state index is 12.6. The fourth-order valence-electron chi connectivity index (χ4n) is 2.93. The Labute approximate surface area is 153 Å². The molecule has 2 N–H and O–H groups in total. The second-order valence-electron chi connectivity index (χ2n) is 5.97. The van der Waals surface area contributed by atoms with Crippen LogP contribution in [-0.4, -0.2) is 22.0 Å². The van der Waals surface area contributed by atoms with Crippen LogP contribution in [0.5, 0.6) is 0 Å². The van der Waals surface area contributed by atoms with Crippen LogP contribution in [0.3, 0.4) is 0 Å². The minimum Gasteiger partial charge on any atom is -0.346 e. The van der Waals surface area contributed by atoms with Gasteiger partial charge in [-0.1, -0.05) is 29.4 Å². The molecule has 0 saturated heterocycles. The number of nitrogens with one attached hydrogen (secondary N) is 2. The number of amides is 2. The van der Waals surface area contributed by atoms with Crippen LogP contribution in [0.1, 0.15) is 34.5 Å². The Balaban J connectivity index is 1.40. The normalized spacial score (nSPS) is 16.0. The van der Waals surface area contributed by atoms with E-state index in [2.05, 4.69) is 20.8 Å². The number of fused-ring (bicyclic) bond motifs is 1. The third-order valence-corrected chi connectivity index (χ3v) is 5.03. The molecular weight excluding hydrogens is 352 g/mol. The number of aromatic nitrogens is 2.